The van der Waals surface area contributed by atoms with Crippen LogP contribution in [0.15, 0.2) is 72.8 Å². The summed E-state index contributed by atoms with van der Waals surface area (Å²) in [4.78, 5) is 0. The monoisotopic (exact) mass is 349 g/mol. The van der Waals surface area contributed by atoms with Gasteiger partial charge in [0.1, 0.15) is 5.75 Å². The van der Waals surface area contributed by atoms with Gasteiger partial charge in [-0.05, 0) is 36.2 Å². The number of benzene rings is 3. The minimum absolute atomic E-state index is 0.259. The molecule has 1 heterocycles. The summed E-state index contributed by atoms with van der Waals surface area (Å²) in [5, 5.41) is 4.00. The Kier molecular flexibility index (Phi) is 3.89. The summed E-state index contributed by atoms with van der Waals surface area (Å²) in [6, 6.07) is 23.7. The predicted octanol–water partition coefficient (Wildman–Crippen LogP) is 5.45. The topological polar surface area (TPSA) is 38.3 Å². The molecule has 1 aliphatic heterocycles. The van der Waals surface area contributed by atoms with Gasteiger partial charge >= 0.3 is 0 Å². The normalized spacial score (nSPS) is 19.3. The molecule has 0 saturated carbocycles. The van der Waals surface area contributed by atoms with Crippen LogP contribution in [0.5, 0.6) is 5.75 Å². The van der Waals surface area contributed by atoms with Crippen molar-refractivity contribution in [3.63, 3.8) is 0 Å². The Labute approximate surface area is 148 Å². The van der Waals surface area contributed by atoms with Crippen LogP contribution in [-0.4, -0.2) is 7.05 Å². The fraction of sp³-hybridized carbons (Fsp3) is 0.143. The largest absolute Gasteiger partial charge is 0.439 e. The van der Waals surface area contributed by atoms with E-state index in [-0.39, 0.29) is 5.66 Å². The zero-order valence-corrected chi connectivity index (χ0v) is 15.2. The number of para-hydroxylation sites is 2. The second-order valence-electron chi connectivity index (χ2n) is 6.21. The molecule has 0 amide bonds. The van der Waals surface area contributed by atoms with Crippen LogP contribution in [0.3, 0.4) is 0 Å². The molecule has 4 heteroatoms. The highest BCUT2D eigenvalue weighted by molar-refractivity contribution is 7.68. The van der Waals surface area contributed by atoms with Crippen LogP contribution in [0.4, 0.5) is 5.69 Å². The second-order valence-corrected chi connectivity index (χ2v) is 8.85. The predicted molar refractivity (Wildman–Crippen MR) is 104 cm³/mol. The highest BCUT2D eigenvalue weighted by Crippen LogP contribution is 2.63. The van der Waals surface area contributed by atoms with Crippen molar-refractivity contribution >= 4 is 18.4 Å². The van der Waals surface area contributed by atoms with E-state index in [4.69, 9.17) is 4.52 Å². The fourth-order valence-electron chi connectivity index (χ4n) is 3.50. The Hall–Kier alpha value is -2.51. The lowest BCUT2D eigenvalue weighted by Crippen LogP contribution is -2.21. The average Bonchev–Trinajstić information content (AvgIpc) is 2.67. The molecule has 0 spiro atoms. The van der Waals surface area contributed by atoms with Crippen molar-refractivity contribution in [3.05, 3.63) is 78.4 Å². The molecule has 1 N–H and O–H groups in total. The van der Waals surface area contributed by atoms with Gasteiger partial charge in [0.05, 0.1) is 11.0 Å². The second kappa shape index (κ2) is 6.09. The summed E-state index contributed by atoms with van der Waals surface area (Å²) in [7, 11) is -1.25. The molecule has 126 valence electrons. The molecule has 0 saturated heterocycles. The average molecular weight is 349 g/mol. The first-order valence-electron chi connectivity index (χ1n) is 8.40. The Balaban J connectivity index is 1.92. The highest BCUT2D eigenvalue weighted by atomic mass is 31.2. The quantitative estimate of drug-likeness (QED) is 0.639. The first-order valence-corrected chi connectivity index (χ1v) is 10.1. The third-order valence-corrected chi connectivity index (χ3v) is 7.67. The van der Waals surface area contributed by atoms with Crippen LogP contribution < -0.4 is 15.1 Å². The summed E-state index contributed by atoms with van der Waals surface area (Å²) in [5.41, 5.74) is 3.72. The molecule has 2 unspecified atom stereocenters. The minimum atomic E-state index is -3.13. The lowest BCUT2D eigenvalue weighted by Gasteiger charge is -2.33. The summed E-state index contributed by atoms with van der Waals surface area (Å²) in [6.07, 6.45) is 0. The molecule has 1 aliphatic rings. The maximum absolute atomic E-state index is 14.1. The van der Waals surface area contributed by atoms with Gasteiger partial charge in [-0.15, -0.1) is 0 Å². The Morgan fingerprint density at radius 3 is 2.32 bits per heavy atom. The molecule has 3 aromatic carbocycles. The first kappa shape index (κ1) is 16.0. The lowest BCUT2D eigenvalue weighted by atomic mass is 10.0. The van der Waals surface area contributed by atoms with Gasteiger partial charge in [-0.3, -0.25) is 4.57 Å². The van der Waals surface area contributed by atoms with Gasteiger partial charge < -0.3 is 9.84 Å². The Morgan fingerprint density at radius 1 is 0.880 bits per heavy atom. The van der Waals surface area contributed by atoms with Crippen LogP contribution >= 0.6 is 7.37 Å². The van der Waals surface area contributed by atoms with Gasteiger partial charge in [-0.25, -0.2) is 0 Å². The summed E-state index contributed by atoms with van der Waals surface area (Å²) in [6.45, 7) is 1.99. The molecule has 3 nitrogen and oxygen atoms in total. The molecule has 0 aromatic heterocycles. The van der Waals surface area contributed by atoms with Crippen LogP contribution in [0, 0.1) is 0 Å². The van der Waals surface area contributed by atoms with E-state index in [2.05, 4.69) is 5.32 Å². The molecule has 2 atom stereocenters. The minimum Gasteiger partial charge on any atom is -0.439 e. The van der Waals surface area contributed by atoms with Crippen molar-refractivity contribution in [2.24, 2.45) is 0 Å². The third kappa shape index (κ3) is 2.47. The van der Waals surface area contributed by atoms with Crippen molar-refractivity contribution < 1.29 is 9.09 Å². The van der Waals surface area contributed by atoms with Gasteiger partial charge in [0.15, 0.2) is 0 Å². The molecule has 0 bridgehead atoms. The number of rotatable bonds is 3. The summed E-state index contributed by atoms with van der Waals surface area (Å²) < 4.78 is 20.3. The smallest absolute Gasteiger partial charge is 0.284 e. The number of hydrogen-bond donors (Lipinski definition) is 1. The van der Waals surface area contributed by atoms with Crippen molar-refractivity contribution in [2.45, 2.75) is 12.6 Å². The molecule has 0 aliphatic carbocycles. The van der Waals surface area contributed by atoms with E-state index in [1.54, 1.807) is 0 Å². The van der Waals surface area contributed by atoms with Crippen molar-refractivity contribution in [2.75, 3.05) is 12.4 Å². The van der Waals surface area contributed by atoms with E-state index < -0.39 is 7.37 Å². The van der Waals surface area contributed by atoms with Crippen molar-refractivity contribution in [1.82, 2.24) is 0 Å². The molecule has 3 aromatic rings. The maximum Gasteiger partial charge on any atom is 0.284 e. The van der Waals surface area contributed by atoms with Crippen molar-refractivity contribution in [3.8, 4) is 16.9 Å². The van der Waals surface area contributed by atoms with E-state index >= 15 is 0 Å². The highest BCUT2D eigenvalue weighted by Gasteiger charge is 2.41. The number of nitrogens with one attached hydrogen (secondary N) is 1. The van der Waals surface area contributed by atoms with Gasteiger partial charge in [-0.1, -0.05) is 54.6 Å². The van der Waals surface area contributed by atoms with Crippen LogP contribution in [-0.2, 0) is 4.57 Å². The first-order chi connectivity index (χ1) is 12.1. The van der Waals surface area contributed by atoms with Crippen LogP contribution in [0.25, 0.3) is 11.1 Å². The summed E-state index contributed by atoms with van der Waals surface area (Å²) >= 11 is 0. The van der Waals surface area contributed by atoms with Crippen molar-refractivity contribution in [1.29, 1.82) is 0 Å². The molecule has 0 fully saturated rings. The fourth-order valence-corrected chi connectivity index (χ4v) is 6.04. The van der Waals surface area contributed by atoms with Crippen LogP contribution in [0.1, 0.15) is 18.1 Å². The molecular weight excluding hydrogens is 329 g/mol. The zero-order chi connectivity index (χ0) is 17.4. The lowest BCUT2D eigenvalue weighted by molar-refractivity contribution is 0.481. The van der Waals surface area contributed by atoms with E-state index in [1.807, 2.05) is 86.8 Å². The molecule has 0 radical (unpaired) electrons. The number of fused-ring (bicyclic) bond motifs is 3. The molecule has 25 heavy (non-hydrogen) atoms. The number of hydrogen-bond acceptors (Lipinski definition) is 3. The van der Waals surface area contributed by atoms with E-state index in [9.17, 15) is 4.57 Å². The van der Waals surface area contributed by atoms with E-state index in [0.717, 1.165) is 27.7 Å². The zero-order valence-electron chi connectivity index (χ0n) is 14.3. The Morgan fingerprint density at radius 2 is 1.52 bits per heavy atom. The van der Waals surface area contributed by atoms with Crippen LogP contribution in [0.2, 0.25) is 0 Å². The summed E-state index contributed by atoms with van der Waals surface area (Å²) in [5.74, 6) is 0.693. The standard InChI is InChI=1S/C21H20NO2P/c1-15(16-9-3-6-12-19(16)22-2)25(23)21-14-8-5-11-18(21)17-10-4-7-13-20(17)24-25/h3-15,22H,1-2H3. The SMILES string of the molecule is CNc1ccccc1C(C)P1(=O)Oc2ccccc2-c2ccccc21. The van der Waals surface area contributed by atoms with Gasteiger partial charge in [-0.2, -0.15) is 0 Å². The third-order valence-electron chi connectivity index (χ3n) is 4.84. The number of anilines is 1. The van der Waals surface area contributed by atoms with E-state index in [0.29, 0.717) is 5.75 Å². The molecule has 4 rings (SSSR count). The maximum atomic E-state index is 14.1. The molecular formula is C21H20NO2P. The van der Waals surface area contributed by atoms with E-state index in [1.165, 1.54) is 0 Å². The van der Waals surface area contributed by atoms with Gasteiger partial charge in [0.25, 0.3) is 7.37 Å². The van der Waals surface area contributed by atoms with Gasteiger partial charge in [0.2, 0.25) is 0 Å². The Bertz CT molecular complexity index is 983. The van der Waals surface area contributed by atoms with Gasteiger partial charge in [0, 0.05) is 18.3 Å².